The van der Waals surface area contributed by atoms with Gasteiger partial charge in [0.25, 0.3) is 5.91 Å². The summed E-state index contributed by atoms with van der Waals surface area (Å²) in [6, 6.07) is 16.2. The van der Waals surface area contributed by atoms with Crippen LogP contribution >= 0.6 is 0 Å². The Balaban J connectivity index is 2.18. The summed E-state index contributed by atoms with van der Waals surface area (Å²) in [5, 5.41) is 8.79. The van der Waals surface area contributed by atoms with Gasteiger partial charge in [-0.3, -0.25) is 4.79 Å². The summed E-state index contributed by atoms with van der Waals surface area (Å²) in [5.41, 5.74) is 8.66. The second-order valence-electron chi connectivity index (χ2n) is 4.71. The number of nitriles is 1. The minimum atomic E-state index is -0.0646. The molecule has 2 rings (SSSR count). The minimum absolute atomic E-state index is 0.0646. The van der Waals surface area contributed by atoms with Gasteiger partial charge in [0, 0.05) is 24.3 Å². The molecular weight excluding hydrogens is 262 g/mol. The van der Waals surface area contributed by atoms with Gasteiger partial charge in [-0.05, 0) is 42.8 Å². The molecule has 0 saturated carbocycles. The first-order chi connectivity index (χ1) is 10.2. The molecule has 2 N–H and O–H groups in total. The minimum Gasteiger partial charge on any atom is -0.398 e. The number of amides is 1. The van der Waals surface area contributed by atoms with Crippen molar-refractivity contribution in [1.29, 1.82) is 5.26 Å². The summed E-state index contributed by atoms with van der Waals surface area (Å²) < 4.78 is 0. The molecule has 0 aromatic heterocycles. The number of benzene rings is 2. The van der Waals surface area contributed by atoms with Crippen LogP contribution in [0.25, 0.3) is 0 Å². The van der Waals surface area contributed by atoms with Crippen LogP contribution in [0.15, 0.2) is 48.5 Å². The van der Waals surface area contributed by atoms with Gasteiger partial charge in [0.2, 0.25) is 0 Å². The summed E-state index contributed by atoms with van der Waals surface area (Å²) in [4.78, 5) is 14.2. The lowest BCUT2D eigenvalue weighted by atomic mass is 10.1. The molecule has 0 aliphatic carbocycles. The molecule has 4 heteroatoms. The fourth-order valence-corrected chi connectivity index (χ4v) is 2.08. The van der Waals surface area contributed by atoms with Crippen molar-refractivity contribution in [2.75, 3.05) is 12.3 Å². The lowest BCUT2D eigenvalue weighted by molar-refractivity contribution is 0.0753. The number of nitrogen functional groups attached to an aromatic ring is 1. The number of nitrogens with zero attached hydrogens (tertiary/aromatic N) is 2. The van der Waals surface area contributed by atoms with E-state index in [0.29, 0.717) is 29.9 Å². The fourth-order valence-electron chi connectivity index (χ4n) is 2.08. The van der Waals surface area contributed by atoms with E-state index < -0.39 is 0 Å². The van der Waals surface area contributed by atoms with Crippen LogP contribution in [0, 0.1) is 11.3 Å². The summed E-state index contributed by atoms with van der Waals surface area (Å²) in [7, 11) is 0. The molecule has 0 radical (unpaired) electrons. The third-order valence-corrected chi connectivity index (χ3v) is 3.35. The van der Waals surface area contributed by atoms with E-state index in [1.807, 2.05) is 37.3 Å². The van der Waals surface area contributed by atoms with E-state index in [1.165, 1.54) is 0 Å². The van der Waals surface area contributed by atoms with Crippen LogP contribution in [0.3, 0.4) is 0 Å². The maximum absolute atomic E-state index is 12.5. The van der Waals surface area contributed by atoms with Crippen molar-refractivity contribution in [1.82, 2.24) is 4.90 Å². The lowest BCUT2D eigenvalue weighted by Gasteiger charge is -2.22. The Labute approximate surface area is 124 Å². The van der Waals surface area contributed by atoms with Crippen LogP contribution in [0.2, 0.25) is 0 Å². The Kier molecular flexibility index (Phi) is 4.57. The van der Waals surface area contributed by atoms with Gasteiger partial charge in [0.1, 0.15) is 0 Å². The average Bonchev–Trinajstić information content (AvgIpc) is 2.53. The highest BCUT2D eigenvalue weighted by Crippen LogP contribution is 2.15. The standard InChI is InChI=1S/C17H17N3O/c1-2-20(12-15-5-3-4-6-16(15)19)17(21)14-9-7-13(11-18)8-10-14/h3-10H,2,12,19H2,1H3. The number of nitrogens with two attached hydrogens (primary N) is 1. The lowest BCUT2D eigenvalue weighted by Crippen LogP contribution is -2.30. The second-order valence-corrected chi connectivity index (χ2v) is 4.71. The Morgan fingerprint density at radius 2 is 1.86 bits per heavy atom. The van der Waals surface area contributed by atoms with Crippen molar-refractivity contribution in [3.05, 3.63) is 65.2 Å². The van der Waals surface area contributed by atoms with E-state index in [4.69, 9.17) is 11.0 Å². The number of carbonyl (C=O) groups excluding carboxylic acids is 1. The first-order valence-electron chi connectivity index (χ1n) is 6.78. The van der Waals surface area contributed by atoms with Crippen molar-refractivity contribution < 1.29 is 4.79 Å². The molecule has 0 fully saturated rings. The number of para-hydroxylation sites is 1. The Morgan fingerprint density at radius 1 is 1.19 bits per heavy atom. The van der Waals surface area contributed by atoms with E-state index >= 15 is 0 Å². The average molecular weight is 279 g/mol. The van der Waals surface area contributed by atoms with Crippen LogP contribution < -0.4 is 5.73 Å². The van der Waals surface area contributed by atoms with Crippen LogP contribution in [-0.2, 0) is 6.54 Å². The highest BCUT2D eigenvalue weighted by molar-refractivity contribution is 5.94. The number of anilines is 1. The Morgan fingerprint density at radius 3 is 2.43 bits per heavy atom. The van der Waals surface area contributed by atoms with Gasteiger partial charge in [0.05, 0.1) is 11.6 Å². The van der Waals surface area contributed by atoms with E-state index in [1.54, 1.807) is 29.2 Å². The Hall–Kier alpha value is -2.80. The van der Waals surface area contributed by atoms with Crippen LogP contribution in [0.4, 0.5) is 5.69 Å². The van der Waals surface area contributed by atoms with Gasteiger partial charge in [0.15, 0.2) is 0 Å². The highest BCUT2D eigenvalue weighted by atomic mass is 16.2. The molecule has 2 aromatic carbocycles. The number of rotatable bonds is 4. The van der Waals surface area contributed by atoms with Crippen molar-refractivity contribution in [2.24, 2.45) is 0 Å². The summed E-state index contributed by atoms with van der Waals surface area (Å²) in [5.74, 6) is -0.0646. The molecule has 0 unspecified atom stereocenters. The second kappa shape index (κ2) is 6.58. The van der Waals surface area contributed by atoms with Crippen LogP contribution in [0.1, 0.15) is 28.4 Å². The van der Waals surface area contributed by atoms with Crippen LogP contribution in [0.5, 0.6) is 0 Å². The van der Waals surface area contributed by atoms with E-state index in [-0.39, 0.29) is 5.91 Å². The summed E-state index contributed by atoms with van der Waals surface area (Å²) >= 11 is 0. The smallest absolute Gasteiger partial charge is 0.254 e. The predicted molar refractivity (Wildman–Crippen MR) is 82.4 cm³/mol. The number of carbonyl (C=O) groups is 1. The molecular formula is C17H17N3O. The van der Waals surface area contributed by atoms with E-state index in [0.717, 1.165) is 5.56 Å². The van der Waals surface area contributed by atoms with Crippen molar-refractivity contribution in [3.8, 4) is 6.07 Å². The zero-order chi connectivity index (χ0) is 15.2. The molecule has 0 heterocycles. The normalized spacial score (nSPS) is 9.90. The molecule has 0 atom stereocenters. The fraction of sp³-hybridized carbons (Fsp3) is 0.176. The summed E-state index contributed by atoms with van der Waals surface area (Å²) in [6.07, 6.45) is 0. The van der Waals surface area contributed by atoms with E-state index in [9.17, 15) is 4.79 Å². The first-order valence-corrected chi connectivity index (χ1v) is 6.78. The molecule has 4 nitrogen and oxygen atoms in total. The van der Waals surface area contributed by atoms with Gasteiger partial charge >= 0.3 is 0 Å². The van der Waals surface area contributed by atoms with Crippen molar-refractivity contribution >= 4 is 11.6 Å². The van der Waals surface area contributed by atoms with E-state index in [2.05, 4.69) is 0 Å². The maximum atomic E-state index is 12.5. The molecule has 0 aliphatic rings. The molecule has 0 aliphatic heterocycles. The quantitative estimate of drug-likeness (QED) is 0.875. The van der Waals surface area contributed by atoms with Gasteiger partial charge in [-0.2, -0.15) is 5.26 Å². The van der Waals surface area contributed by atoms with Gasteiger partial charge < -0.3 is 10.6 Å². The predicted octanol–water partition coefficient (Wildman–Crippen LogP) is 2.80. The topological polar surface area (TPSA) is 70.1 Å². The highest BCUT2D eigenvalue weighted by Gasteiger charge is 2.15. The number of hydrogen-bond donors (Lipinski definition) is 1. The molecule has 0 saturated heterocycles. The van der Waals surface area contributed by atoms with Gasteiger partial charge in [-0.15, -0.1) is 0 Å². The first kappa shape index (κ1) is 14.6. The molecule has 106 valence electrons. The zero-order valence-electron chi connectivity index (χ0n) is 11.9. The number of hydrogen-bond acceptors (Lipinski definition) is 3. The van der Waals surface area contributed by atoms with Crippen molar-refractivity contribution in [2.45, 2.75) is 13.5 Å². The maximum Gasteiger partial charge on any atom is 0.254 e. The molecule has 0 bridgehead atoms. The third-order valence-electron chi connectivity index (χ3n) is 3.35. The molecule has 2 aromatic rings. The van der Waals surface area contributed by atoms with Crippen LogP contribution in [-0.4, -0.2) is 17.4 Å². The SMILES string of the molecule is CCN(Cc1ccccc1N)C(=O)c1ccc(C#N)cc1. The van der Waals surface area contributed by atoms with Gasteiger partial charge in [-0.25, -0.2) is 0 Å². The molecule has 0 spiro atoms. The third kappa shape index (κ3) is 3.40. The van der Waals surface area contributed by atoms with Gasteiger partial charge in [-0.1, -0.05) is 18.2 Å². The molecule has 21 heavy (non-hydrogen) atoms. The molecule has 1 amide bonds. The Bertz CT molecular complexity index is 671. The monoisotopic (exact) mass is 279 g/mol. The van der Waals surface area contributed by atoms with Crippen molar-refractivity contribution in [3.63, 3.8) is 0 Å². The summed E-state index contributed by atoms with van der Waals surface area (Å²) in [6.45, 7) is 3.00. The largest absolute Gasteiger partial charge is 0.398 e. The zero-order valence-corrected chi connectivity index (χ0v) is 11.9.